The number of amides is 1. The number of para-hydroxylation sites is 1. The molecule has 0 spiro atoms. The number of hydrogen-bond donors (Lipinski definition) is 2. The molecule has 4 unspecified atom stereocenters. The summed E-state index contributed by atoms with van der Waals surface area (Å²) in [5.41, 5.74) is 0.862. The first kappa shape index (κ1) is 29.1. The number of nitrogens with zero attached hydrogens (tertiary/aromatic N) is 1. The molecule has 1 amide bonds. The van der Waals surface area contributed by atoms with Gasteiger partial charge in [0.05, 0.1) is 17.8 Å². The fraction of sp³-hybridized carbons (Fsp3) is 0.484. The van der Waals surface area contributed by atoms with Crippen molar-refractivity contribution in [3.05, 3.63) is 60.2 Å². The second-order valence-corrected chi connectivity index (χ2v) is 10.7. The Morgan fingerprint density at radius 1 is 0.900 bits per heavy atom. The normalized spacial score (nSPS) is 21.5. The number of rotatable bonds is 12. The van der Waals surface area contributed by atoms with Gasteiger partial charge in [-0.15, -0.1) is 0 Å². The van der Waals surface area contributed by atoms with Gasteiger partial charge in [-0.1, -0.05) is 56.5 Å². The van der Waals surface area contributed by atoms with E-state index in [4.69, 9.17) is 9.47 Å². The molecule has 4 atom stereocenters. The molecular weight excluding hydrogens is 514 g/mol. The third kappa shape index (κ3) is 7.00. The lowest BCUT2D eigenvalue weighted by Crippen LogP contribution is -2.54. The number of carbonyl (C=O) groups excluding carboxylic acids is 2. The molecule has 2 aromatic rings. The summed E-state index contributed by atoms with van der Waals surface area (Å²) in [4.78, 5) is 52.0. The number of carboxylic acids is 2. The van der Waals surface area contributed by atoms with E-state index in [0.717, 1.165) is 24.8 Å². The van der Waals surface area contributed by atoms with E-state index in [0.29, 0.717) is 43.9 Å². The van der Waals surface area contributed by atoms with Gasteiger partial charge in [-0.25, -0.2) is 4.79 Å². The van der Waals surface area contributed by atoms with Gasteiger partial charge in [0.15, 0.2) is 0 Å². The lowest BCUT2D eigenvalue weighted by molar-refractivity contribution is -0.184. The molecule has 0 bridgehead atoms. The molecule has 0 aromatic heterocycles. The first-order chi connectivity index (χ1) is 19.3. The third-order valence-corrected chi connectivity index (χ3v) is 7.93. The highest BCUT2D eigenvalue weighted by Crippen LogP contribution is 2.43. The van der Waals surface area contributed by atoms with Gasteiger partial charge >= 0.3 is 17.9 Å². The van der Waals surface area contributed by atoms with E-state index >= 15 is 0 Å². The number of carbonyl (C=O) groups is 4. The number of carboxylic acid groups (broad SMARTS) is 2. The van der Waals surface area contributed by atoms with Crippen molar-refractivity contribution in [2.45, 2.75) is 64.5 Å². The average Bonchev–Trinajstić information content (AvgIpc) is 2.92. The Morgan fingerprint density at radius 2 is 1.55 bits per heavy atom. The summed E-state index contributed by atoms with van der Waals surface area (Å²) in [6.07, 6.45) is 3.49. The molecule has 2 saturated carbocycles. The van der Waals surface area contributed by atoms with Crippen LogP contribution in [0.1, 0.15) is 57.4 Å². The van der Waals surface area contributed by atoms with E-state index in [1.54, 1.807) is 4.90 Å². The number of aliphatic carboxylic acids is 2. The van der Waals surface area contributed by atoms with Gasteiger partial charge in [-0.2, -0.15) is 0 Å². The molecule has 214 valence electrons. The number of ether oxygens (including phenoxy) is 2. The monoisotopic (exact) mass is 551 g/mol. The molecule has 2 aromatic carbocycles. The summed E-state index contributed by atoms with van der Waals surface area (Å²) in [5, 5.41) is 19.6. The second-order valence-electron chi connectivity index (χ2n) is 10.7. The summed E-state index contributed by atoms with van der Waals surface area (Å²) in [6.45, 7) is 2.66. The third-order valence-electron chi connectivity index (χ3n) is 7.93. The van der Waals surface area contributed by atoms with Crippen molar-refractivity contribution in [1.82, 2.24) is 4.90 Å². The maximum absolute atomic E-state index is 13.5. The Kier molecular flexibility index (Phi) is 9.79. The van der Waals surface area contributed by atoms with Crippen LogP contribution < -0.4 is 4.74 Å². The van der Waals surface area contributed by atoms with Crippen LogP contribution in [-0.2, 0) is 30.5 Å². The zero-order valence-corrected chi connectivity index (χ0v) is 22.7. The Bertz CT molecular complexity index is 1180. The lowest BCUT2D eigenvalue weighted by Gasteiger charge is -2.42. The molecule has 4 rings (SSSR count). The van der Waals surface area contributed by atoms with Gasteiger partial charge in [-0.05, 0) is 55.5 Å². The smallest absolute Gasteiger partial charge is 0.345 e. The van der Waals surface area contributed by atoms with E-state index in [9.17, 15) is 29.4 Å². The van der Waals surface area contributed by atoms with Crippen LogP contribution in [0, 0.1) is 23.7 Å². The van der Waals surface area contributed by atoms with E-state index in [1.165, 1.54) is 0 Å². The van der Waals surface area contributed by atoms with Crippen LogP contribution in [0.3, 0.4) is 0 Å². The first-order valence-electron chi connectivity index (χ1n) is 14.0. The average molecular weight is 552 g/mol. The van der Waals surface area contributed by atoms with Crippen molar-refractivity contribution >= 4 is 23.8 Å². The lowest BCUT2D eigenvalue weighted by atomic mass is 9.64. The minimum atomic E-state index is -1.29. The van der Waals surface area contributed by atoms with Gasteiger partial charge in [0.25, 0.3) is 0 Å². The summed E-state index contributed by atoms with van der Waals surface area (Å²) >= 11 is 0. The fourth-order valence-electron chi connectivity index (χ4n) is 5.77. The minimum absolute atomic E-state index is 0.0235. The second kappa shape index (κ2) is 13.5. The molecule has 2 aliphatic carbocycles. The highest BCUT2D eigenvalue weighted by Gasteiger charge is 2.55. The Balaban J connectivity index is 1.39. The van der Waals surface area contributed by atoms with Gasteiger partial charge in [0.1, 0.15) is 11.5 Å². The van der Waals surface area contributed by atoms with Crippen LogP contribution in [0.5, 0.6) is 11.5 Å². The predicted octanol–water partition coefficient (Wildman–Crippen LogP) is 5.13. The molecule has 2 aliphatic rings. The van der Waals surface area contributed by atoms with Gasteiger partial charge in [-0.3, -0.25) is 14.4 Å². The summed E-state index contributed by atoms with van der Waals surface area (Å²) < 4.78 is 11.2. The number of hydrogen-bond acceptors (Lipinski definition) is 6. The van der Waals surface area contributed by atoms with Crippen LogP contribution in [0.2, 0.25) is 0 Å². The standard InChI is InChI=1S/C31H37NO8/c1-2-17-32(19-20-13-15-23(16-14-20)39-22-11-7-4-8-12-22)28(33)24-18-25(26(24)29(34)35)31(38)40-27(30(36)37)21-9-5-3-6-10-21/h4,7-8,11-16,21,24-27H,2-3,5-6,9-10,17-19H2,1H3,(H,34,35)(H,36,37). The maximum Gasteiger partial charge on any atom is 0.345 e. The zero-order chi connectivity index (χ0) is 28.6. The highest BCUT2D eigenvalue weighted by molar-refractivity contribution is 5.92. The minimum Gasteiger partial charge on any atom is -0.481 e. The van der Waals surface area contributed by atoms with Gasteiger partial charge < -0.3 is 24.6 Å². The fourth-order valence-corrected chi connectivity index (χ4v) is 5.77. The van der Waals surface area contributed by atoms with Gasteiger partial charge in [0.2, 0.25) is 12.0 Å². The molecular formula is C31H37NO8. The number of esters is 1. The maximum atomic E-state index is 13.5. The Labute approximate surface area is 234 Å². The van der Waals surface area contributed by atoms with Crippen molar-refractivity contribution in [2.24, 2.45) is 23.7 Å². The van der Waals surface area contributed by atoms with E-state index in [2.05, 4.69) is 0 Å². The highest BCUT2D eigenvalue weighted by atomic mass is 16.6. The van der Waals surface area contributed by atoms with Crippen molar-refractivity contribution < 1.29 is 38.9 Å². The molecule has 0 heterocycles. The Morgan fingerprint density at radius 3 is 2.15 bits per heavy atom. The van der Waals surface area contributed by atoms with Crippen LogP contribution in [0.25, 0.3) is 0 Å². The summed E-state index contributed by atoms with van der Waals surface area (Å²) in [7, 11) is 0. The molecule has 9 heteroatoms. The summed E-state index contributed by atoms with van der Waals surface area (Å²) in [6, 6.07) is 16.7. The molecule has 2 N–H and O–H groups in total. The van der Waals surface area contributed by atoms with Crippen molar-refractivity contribution in [3.63, 3.8) is 0 Å². The molecule has 40 heavy (non-hydrogen) atoms. The van der Waals surface area contributed by atoms with E-state index in [1.807, 2.05) is 61.5 Å². The van der Waals surface area contributed by atoms with Crippen LogP contribution in [0.4, 0.5) is 0 Å². The van der Waals surface area contributed by atoms with Crippen molar-refractivity contribution in [2.75, 3.05) is 6.54 Å². The first-order valence-corrected chi connectivity index (χ1v) is 14.0. The van der Waals surface area contributed by atoms with Crippen molar-refractivity contribution in [3.8, 4) is 11.5 Å². The van der Waals surface area contributed by atoms with Crippen LogP contribution >= 0.6 is 0 Å². The van der Waals surface area contributed by atoms with Gasteiger partial charge in [0, 0.05) is 19.0 Å². The molecule has 9 nitrogen and oxygen atoms in total. The Hall–Kier alpha value is -3.88. The quantitative estimate of drug-likeness (QED) is 0.347. The van der Waals surface area contributed by atoms with Crippen LogP contribution in [-0.4, -0.2) is 51.6 Å². The zero-order valence-electron chi connectivity index (χ0n) is 22.7. The van der Waals surface area contributed by atoms with Crippen LogP contribution in [0.15, 0.2) is 54.6 Å². The van der Waals surface area contributed by atoms with Crippen molar-refractivity contribution in [1.29, 1.82) is 0 Å². The largest absolute Gasteiger partial charge is 0.481 e. The summed E-state index contributed by atoms with van der Waals surface area (Å²) in [5.74, 6) is -5.72. The topological polar surface area (TPSA) is 130 Å². The molecule has 2 fully saturated rings. The molecule has 0 aliphatic heterocycles. The number of benzene rings is 2. The molecule has 0 radical (unpaired) electrons. The van der Waals surface area contributed by atoms with E-state index in [-0.39, 0.29) is 18.2 Å². The predicted molar refractivity (Wildman–Crippen MR) is 145 cm³/mol. The molecule has 0 saturated heterocycles. The SMILES string of the molecule is CCCN(Cc1ccc(Oc2ccccc2)cc1)C(=O)C1CC(C(=O)OC(C(=O)O)C2CCCCC2)C1C(=O)O. The van der Waals surface area contributed by atoms with E-state index < -0.39 is 41.8 Å².